The SMILES string of the molecule is CCc1ccc(NS(=O)(=O)c2ccc(OC)c(-c3noc(C(C)(C)C)n3)c2)cc1. The van der Waals surface area contributed by atoms with Gasteiger partial charge in [0.1, 0.15) is 5.75 Å². The third-order valence-electron chi connectivity index (χ3n) is 4.40. The number of nitrogens with one attached hydrogen (secondary N) is 1. The van der Waals surface area contributed by atoms with Gasteiger partial charge in [-0.25, -0.2) is 8.42 Å². The zero-order chi connectivity index (χ0) is 21.2. The second kappa shape index (κ2) is 7.87. The zero-order valence-corrected chi connectivity index (χ0v) is 18.0. The maximum Gasteiger partial charge on any atom is 0.261 e. The molecule has 0 unspecified atom stereocenters. The molecule has 8 heteroatoms. The molecule has 0 fully saturated rings. The molecule has 154 valence electrons. The molecule has 1 N–H and O–H groups in total. The van der Waals surface area contributed by atoms with Gasteiger partial charge in [0.15, 0.2) is 0 Å². The van der Waals surface area contributed by atoms with Crippen molar-refractivity contribution in [2.45, 2.75) is 44.4 Å². The highest BCUT2D eigenvalue weighted by atomic mass is 32.2. The summed E-state index contributed by atoms with van der Waals surface area (Å²) in [5.74, 6) is 1.19. The molecule has 0 amide bonds. The van der Waals surface area contributed by atoms with E-state index in [-0.39, 0.29) is 16.1 Å². The quantitative estimate of drug-likeness (QED) is 0.641. The molecule has 3 aromatic rings. The first-order chi connectivity index (χ1) is 13.6. The summed E-state index contributed by atoms with van der Waals surface area (Å²) in [6.07, 6.45) is 0.885. The molecule has 1 aromatic heterocycles. The summed E-state index contributed by atoms with van der Waals surface area (Å²) in [5, 5.41) is 4.01. The highest BCUT2D eigenvalue weighted by Crippen LogP contribution is 2.32. The molecule has 0 radical (unpaired) electrons. The second-order valence-electron chi connectivity index (χ2n) is 7.69. The monoisotopic (exact) mass is 415 g/mol. The maximum absolute atomic E-state index is 12.9. The number of hydrogen-bond donors (Lipinski definition) is 1. The van der Waals surface area contributed by atoms with Crippen LogP contribution in [0.3, 0.4) is 0 Å². The fraction of sp³-hybridized carbons (Fsp3) is 0.333. The van der Waals surface area contributed by atoms with Crippen molar-refractivity contribution >= 4 is 15.7 Å². The van der Waals surface area contributed by atoms with Crippen LogP contribution in [-0.4, -0.2) is 25.7 Å². The number of nitrogens with zero attached hydrogens (tertiary/aromatic N) is 2. The van der Waals surface area contributed by atoms with Crippen LogP contribution in [0.2, 0.25) is 0 Å². The average Bonchev–Trinajstić information content (AvgIpc) is 3.18. The number of benzene rings is 2. The minimum Gasteiger partial charge on any atom is -0.496 e. The molecule has 3 rings (SSSR count). The summed E-state index contributed by atoms with van der Waals surface area (Å²) in [6, 6.07) is 11.8. The van der Waals surface area contributed by atoms with Gasteiger partial charge in [0, 0.05) is 11.1 Å². The Hall–Kier alpha value is -2.87. The predicted octanol–water partition coefficient (Wildman–Crippen LogP) is 4.41. The first-order valence-electron chi connectivity index (χ1n) is 9.28. The Morgan fingerprint density at radius 2 is 1.79 bits per heavy atom. The largest absolute Gasteiger partial charge is 0.496 e. The van der Waals surface area contributed by atoms with Crippen molar-refractivity contribution in [3.8, 4) is 17.1 Å². The Balaban J connectivity index is 1.97. The van der Waals surface area contributed by atoms with E-state index in [1.54, 1.807) is 18.2 Å². The molecule has 0 atom stereocenters. The van der Waals surface area contributed by atoms with Gasteiger partial charge in [0.05, 0.1) is 17.6 Å². The predicted molar refractivity (Wildman–Crippen MR) is 112 cm³/mol. The number of methoxy groups -OCH3 is 1. The van der Waals surface area contributed by atoms with E-state index in [0.29, 0.717) is 22.9 Å². The van der Waals surface area contributed by atoms with Crippen LogP contribution in [0.1, 0.15) is 39.1 Å². The van der Waals surface area contributed by atoms with E-state index in [4.69, 9.17) is 9.26 Å². The third kappa shape index (κ3) is 4.59. The van der Waals surface area contributed by atoms with Crippen molar-refractivity contribution in [1.29, 1.82) is 0 Å². The van der Waals surface area contributed by atoms with Gasteiger partial charge in [0.2, 0.25) is 11.7 Å². The fourth-order valence-corrected chi connectivity index (χ4v) is 3.77. The molecule has 0 saturated carbocycles. The van der Waals surface area contributed by atoms with Crippen LogP contribution < -0.4 is 9.46 Å². The van der Waals surface area contributed by atoms with Gasteiger partial charge in [-0.15, -0.1) is 0 Å². The number of hydrogen-bond acceptors (Lipinski definition) is 6. The van der Waals surface area contributed by atoms with Crippen molar-refractivity contribution in [2.75, 3.05) is 11.8 Å². The molecule has 7 nitrogen and oxygen atoms in total. The molecule has 29 heavy (non-hydrogen) atoms. The second-order valence-corrected chi connectivity index (χ2v) is 9.37. The molecule has 0 bridgehead atoms. The van der Waals surface area contributed by atoms with Gasteiger partial charge in [-0.05, 0) is 42.3 Å². The summed E-state index contributed by atoms with van der Waals surface area (Å²) < 4.78 is 39.1. The summed E-state index contributed by atoms with van der Waals surface area (Å²) in [6.45, 7) is 7.91. The molecule has 2 aromatic carbocycles. The van der Waals surface area contributed by atoms with E-state index >= 15 is 0 Å². The Morgan fingerprint density at radius 3 is 2.34 bits per heavy atom. The molecular weight excluding hydrogens is 390 g/mol. The van der Waals surface area contributed by atoms with E-state index in [0.717, 1.165) is 12.0 Å². The lowest BCUT2D eigenvalue weighted by Crippen LogP contribution is -2.13. The van der Waals surface area contributed by atoms with Crippen LogP contribution >= 0.6 is 0 Å². The van der Waals surface area contributed by atoms with Crippen LogP contribution in [-0.2, 0) is 21.9 Å². The lowest BCUT2D eigenvalue weighted by atomic mass is 9.97. The lowest BCUT2D eigenvalue weighted by Gasteiger charge is -2.12. The summed E-state index contributed by atoms with van der Waals surface area (Å²) in [4.78, 5) is 4.49. The molecule has 1 heterocycles. The Labute approximate surface area is 171 Å². The smallest absolute Gasteiger partial charge is 0.261 e. The van der Waals surface area contributed by atoms with E-state index in [2.05, 4.69) is 14.9 Å². The normalized spacial score (nSPS) is 12.0. The highest BCUT2D eigenvalue weighted by Gasteiger charge is 2.25. The number of rotatable bonds is 6. The molecule has 0 aliphatic heterocycles. The molecular formula is C21H25N3O4S. The van der Waals surface area contributed by atoms with Gasteiger partial charge in [0.25, 0.3) is 10.0 Å². The van der Waals surface area contributed by atoms with Gasteiger partial charge >= 0.3 is 0 Å². The number of sulfonamides is 1. The molecule has 0 aliphatic carbocycles. The summed E-state index contributed by atoms with van der Waals surface area (Å²) in [5.41, 5.74) is 1.74. The number of anilines is 1. The van der Waals surface area contributed by atoms with E-state index in [1.165, 1.54) is 19.2 Å². The van der Waals surface area contributed by atoms with Crippen molar-refractivity contribution in [3.63, 3.8) is 0 Å². The number of aryl methyl sites for hydroxylation is 1. The minimum atomic E-state index is -3.80. The van der Waals surface area contributed by atoms with Crippen LogP contribution in [0.15, 0.2) is 51.9 Å². The first kappa shape index (κ1) is 20.9. The summed E-state index contributed by atoms with van der Waals surface area (Å²) in [7, 11) is -2.30. The fourth-order valence-electron chi connectivity index (χ4n) is 2.69. The van der Waals surface area contributed by atoms with Gasteiger partial charge in [-0.2, -0.15) is 4.98 Å². The number of ether oxygens (including phenoxy) is 1. The van der Waals surface area contributed by atoms with Crippen molar-refractivity contribution in [3.05, 3.63) is 53.9 Å². The van der Waals surface area contributed by atoms with Crippen molar-refractivity contribution < 1.29 is 17.7 Å². The first-order valence-corrected chi connectivity index (χ1v) is 10.8. The van der Waals surface area contributed by atoms with Gasteiger partial charge in [-0.1, -0.05) is 45.0 Å². The third-order valence-corrected chi connectivity index (χ3v) is 5.78. The standard InChI is InChI=1S/C21H25N3O4S/c1-6-14-7-9-15(10-8-14)24-29(25,26)16-11-12-18(27-5)17(13-16)19-22-20(28-23-19)21(2,3)4/h7-13,24H,6H2,1-5H3. The van der Waals surface area contributed by atoms with Crippen LogP contribution in [0, 0.1) is 0 Å². The topological polar surface area (TPSA) is 94.3 Å². The van der Waals surface area contributed by atoms with Crippen LogP contribution in [0.4, 0.5) is 5.69 Å². The Morgan fingerprint density at radius 1 is 1.10 bits per heavy atom. The molecule has 0 spiro atoms. The van der Waals surface area contributed by atoms with E-state index in [1.807, 2.05) is 39.8 Å². The van der Waals surface area contributed by atoms with Crippen LogP contribution in [0.5, 0.6) is 5.75 Å². The lowest BCUT2D eigenvalue weighted by molar-refractivity contribution is 0.321. The number of aromatic nitrogens is 2. The van der Waals surface area contributed by atoms with E-state index in [9.17, 15) is 8.42 Å². The average molecular weight is 416 g/mol. The van der Waals surface area contributed by atoms with Gasteiger partial charge < -0.3 is 9.26 Å². The Bertz CT molecular complexity index is 1100. The van der Waals surface area contributed by atoms with Crippen molar-refractivity contribution in [2.24, 2.45) is 0 Å². The van der Waals surface area contributed by atoms with Crippen molar-refractivity contribution in [1.82, 2.24) is 10.1 Å². The van der Waals surface area contributed by atoms with E-state index < -0.39 is 10.0 Å². The zero-order valence-electron chi connectivity index (χ0n) is 17.2. The molecule has 0 saturated heterocycles. The highest BCUT2D eigenvalue weighted by molar-refractivity contribution is 7.92. The summed E-state index contributed by atoms with van der Waals surface area (Å²) >= 11 is 0. The Kier molecular flexibility index (Phi) is 5.66. The molecule has 0 aliphatic rings. The van der Waals surface area contributed by atoms with Crippen LogP contribution in [0.25, 0.3) is 11.4 Å². The maximum atomic E-state index is 12.9. The minimum absolute atomic E-state index is 0.0787. The van der Waals surface area contributed by atoms with Gasteiger partial charge in [-0.3, -0.25) is 4.72 Å².